The van der Waals surface area contributed by atoms with Gasteiger partial charge in [0.05, 0.1) is 18.8 Å². The average Bonchev–Trinajstić information content (AvgIpc) is 2.47. The lowest BCUT2D eigenvalue weighted by atomic mass is 9.85. The largest absolute Gasteiger partial charge is 0.374 e. The van der Waals surface area contributed by atoms with E-state index in [4.69, 9.17) is 4.74 Å². The topological polar surface area (TPSA) is 29.5 Å². The van der Waals surface area contributed by atoms with Gasteiger partial charge >= 0.3 is 0 Å². The minimum atomic E-state index is 0.319. The smallest absolute Gasteiger partial charge is 0.226 e. The summed E-state index contributed by atoms with van der Waals surface area (Å²) < 4.78 is 5.86. The Hall–Kier alpha value is -0.570. The van der Waals surface area contributed by atoms with Crippen molar-refractivity contribution in [2.45, 2.75) is 69.9 Å². The molecule has 2 aliphatic carbocycles. The summed E-state index contributed by atoms with van der Waals surface area (Å²) >= 11 is 0. The van der Waals surface area contributed by atoms with Crippen LogP contribution < -0.4 is 0 Å². The molecule has 2 saturated carbocycles. The predicted molar refractivity (Wildman–Crippen MR) is 70.3 cm³/mol. The maximum Gasteiger partial charge on any atom is 0.226 e. The van der Waals surface area contributed by atoms with Gasteiger partial charge in [-0.1, -0.05) is 32.1 Å². The zero-order valence-corrected chi connectivity index (χ0v) is 11.3. The molecular formula is C15H25NO2. The molecule has 1 amide bonds. The first-order chi connectivity index (χ1) is 8.86. The molecule has 1 saturated heterocycles. The van der Waals surface area contributed by atoms with Gasteiger partial charge in [0.25, 0.3) is 0 Å². The lowest BCUT2D eigenvalue weighted by Crippen LogP contribution is -2.56. The zero-order valence-electron chi connectivity index (χ0n) is 11.3. The van der Waals surface area contributed by atoms with Crippen LogP contribution in [0.4, 0.5) is 0 Å². The highest BCUT2D eigenvalue weighted by atomic mass is 16.5. The third-order valence-electron chi connectivity index (χ3n) is 4.97. The maximum atomic E-state index is 12.7. The molecule has 0 aromatic heterocycles. The second-order valence-electron chi connectivity index (χ2n) is 6.13. The number of hydrogen-bond donors (Lipinski definition) is 0. The van der Waals surface area contributed by atoms with Crippen LogP contribution in [-0.2, 0) is 9.53 Å². The van der Waals surface area contributed by atoms with Crippen LogP contribution in [0.15, 0.2) is 0 Å². The van der Waals surface area contributed by atoms with E-state index < -0.39 is 0 Å². The monoisotopic (exact) mass is 251 g/mol. The molecule has 0 N–H and O–H groups in total. The van der Waals surface area contributed by atoms with Gasteiger partial charge in [0.15, 0.2) is 0 Å². The molecule has 0 aromatic carbocycles. The molecule has 0 aromatic rings. The van der Waals surface area contributed by atoms with Crippen LogP contribution in [0.25, 0.3) is 0 Å². The maximum absolute atomic E-state index is 12.7. The molecular weight excluding hydrogens is 226 g/mol. The highest BCUT2D eigenvalue weighted by molar-refractivity contribution is 5.79. The Balaban J connectivity index is 1.67. The summed E-state index contributed by atoms with van der Waals surface area (Å²) in [7, 11) is 0. The van der Waals surface area contributed by atoms with Crippen molar-refractivity contribution in [1.29, 1.82) is 0 Å². The molecule has 0 bridgehead atoms. The lowest BCUT2D eigenvalue weighted by molar-refractivity contribution is -0.154. The number of ether oxygens (including phenoxy) is 1. The molecule has 102 valence electrons. The Kier molecular flexibility index (Phi) is 3.88. The molecule has 1 heterocycles. The summed E-state index contributed by atoms with van der Waals surface area (Å²) in [5, 5.41) is 0. The molecule has 3 rings (SSSR count). The first-order valence-corrected chi connectivity index (χ1v) is 7.78. The van der Waals surface area contributed by atoms with Crippen LogP contribution in [0.2, 0.25) is 0 Å². The van der Waals surface area contributed by atoms with E-state index in [1.54, 1.807) is 0 Å². The quantitative estimate of drug-likeness (QED) is 0.717. The number of fused-ring (bicyclic) bond motifs is 1. The normalized spacial score (nSPS) is 34.1. The van der Waals surface area contributed by atoms with Crippen LogP contribution in [0.3, 0.4) is 0 Å². The van der Waals surface area contributed by atoms with Crippen LogP contribution in [0.5, 0.6) is 0 Å². The third-order valence-corrected chi connectivity index (χ3v) is 4.97. The van der Waals surface area contributed by atoms with E-state index in [9.17, 15) is 4.79 Å². The summed E-state index contributed by atoms with van der Waals surface area (Å²) in [6.07, 6.45) is 11.2. The molecule has 18 heavy (non-hydrogen) atoms. The van der Waals surface area contributed by atoms with Crippen LogP contribution in [0, 0.1) is 5.92 Å². The van der Waals surface area contributed by atoms with E-state index >= 15 is 0 Å². The Bertz CT molecular complexity index is 297. The number of morpholine rings is 1. The second-order valence-corrected chi connectivity index (χ2v) is 6.13. The van der Waals surface area contributed by atoms with Crippen molar-refractivity contribution in [2.24, 2.45) is 5.92 Å². The van der Waals surface area contributed by atoms with Gasteiger partial charge in [-0.3, -0.25) is 4.79 Å². The number of nitrogens with zero attached hydrogens (tertiary/aromatic N) is 1. The van der Waals surface area contributed by atoms with Crippen molar-refractivity contribution >= 4 is 5.91 Å². The standard InChI is InChI=1S/C15H25NO2/c17-15(12-6-2-1-3-7-12)16-10-11-18-14-9-5-4-8-13(14)16/h12-14H,1-11H2/t13-,14-/m1/s1. The molecule has 3 nitrogen and oxygen atoms in total. The van der Waals surface area contributed by atoms with Gasteiger partial charge in [-0.2, -0.15) is 0 Å². The predicted octanol–water partition coefficient (Wildman–Crippen LogP) is 2.74. The fourth-order valence-corrected chi connectivity index (χ4v) is 3.95. The van der Waals surface area contributed by atoms with Crippen molar-refractivity contribution < 1.29 is 9.53 Å². The van der Waals surface area contributed by atoms with Gasteiger partial charge in [0.1, 0.15) is 0 Å². The molecule has 0 radical (unpaired) electrons. The van der Waals surface area contributed by atoms with E-state index in [0.717, 1.165) is 38.8 Å². The van der Waals surface area contributed by atoms with E-state index in [1.807, 2.05) is 0 Å². The van der Waals surface area contributed by atoms with Crippen molar-refractivity contribution in [3.63, 3.8) is 0 Å². The fourth-order valence-electron chi connectivity index (χ4n) is 3.95. The van der Waals surface area contributed by atoms with E-state index in [-0.39, 0.29) is 0 Å². The summed E-state index contributed by atoms with van der Waals surface area (Å²) in [5.74, 6) is 0.759. The first kappa shape index (κ1) is 12.5. The number of carbonyl (C=O) groups is 1. The van der Waals surface area contributed by atoms with E-state index in [1.165, 1.54) is 32.1 Å². The summed E-state index contributed by atoms with van der Waals surface area (Å²) in [5.41, 5.74) is 0. The van der Waals surface area contributed by atoms with Gasteiger partial charge in [0, 0.05) is 12.5 Å². The molecule has 3 heteroatoms. The first-order valence-electron chi connectivity index (χ1n) is 7.78. The van der Waals surface area contributed by atoms with Gasteiger partial charge in [0.2, 0.25) is 5.91 Å². The molecule has 1 aliphatic heterocycles. The van der Waals surface area contributed by atoms with Gasteiger partial charge in [-0.15, -0.1) is 0 Å². The number of carbonyl (C=O) groups excluding carboxylic acids is 1. The Morgan fingerprint density at radius 3 is 2.50 bits per heavy atom. The Morgan fingerprint density at radius 2 is 1.67 bits per heavy atom. The average molecular weight is 251 g/mol. The van der Waals surface area contributed by atoms with Crippen LogP contribution in [0.1, 0.15) is 57.8 Å². The number of amides is 1. The van der Waals surface area contributed by atoms with E-state index in [2.05, 4.69) is 4.90 Å². The lowest BCUT2D eigenvalue weighted by Gasteiger charge is -2.45. The Labute approximate surface area is 110 Å². The fraction of sp³-hybridized carbons (Fsp3) is 0.933. The molecule has 0 spiro atoms. The minimum absolute atomic E-state index is 0.319. The van der Waals surface area contributed by atoms with Gasteiger partial charge in [-0.05, 0) is 25.7 Å². The molecule has 2 atom stereocenters. The van der Waals surface area contributed by atoms with Crippen molar-refractivity contribution in [1.82, 2.24) is 4.90 Å². The van der Waals surface area contributed by atoms with Crippen LogP contribution in [-0.4, -0.2) is 36.1 Å². The van der Waals surface area contributed by atoms with Crippen LogP contribution >= 0.6 is 0 Å². The third kappa shape index (κ3) is 2.42. The number of hydrogen-bond acceptors (Lipinski definition) is 2. The highest BCUT2D eigenvalue weighted by Gasteiger charge is 2.38. The molecule has 0 unspecified atom stereocenters. The van der Waals surface area contributed by atoms with Crippen molar-refractivity contribution in [3.05, 3.63) is 0 Å². The van der Waals surface area contributed by atoms with Gasteiger partial charge < -0.3 is 9.64 Å². The second kappa shape index (κ2) is 5.60. The Morgan fingerprint density at radius 1 is 0.944 bits per heavy atom. The van der Waals surface area contributed by atoms with Crippen molar-refractivity contribution in [3.8, 4) is 0 Å². The molecule has 3 fully saturated rings. The zero-order chi connectivity index (χ0) is 12.4. The van der Waals surface area contributed by atoms with E-state index in [0.29, 0.717) is 24.0 Å². The summed E-state index contributed by atoms with van der Waals surface area (Å²) in [6, 6.07) is 0.391. The summed E-state index contributed by atoms with van der Waals surface area (Å²) in [6.45, 7) is 1.58. The minimum Gasteiger partial charge on any atom is -0.374 e. The van der Waals surface area contributed by atoms with Gasteiger partial charge in [-0.25, -0.2) is 0 Å². The SMILES string of the molecule is O=C(C1CCCCC1)N1CCO[C@@H]2CCCC[C@H]21. The summed E-state index contributed by atoms with van der Waals surface area (Å²) in [4.78, 5) is 14.9. The molecule has 3 aliphatic rings. The number of rotatable bonds is 1. The highest BCUT2D eigenvalue weighted by Crippen LogP contribution is 2.32. The van der Waals surface area contributed by atoms with Crippen molar-refractivity contribution in [2.75, 3.05) is 13.2 Å².